The molecule has 0 saturated carbocycles. The lowest BCUT2D eigenvalue weighted by atomic mass is 10.2. The number of methoxy groups -OCH3 is 1. The summed E-state index contributed by atoms with van der Waals surface area (Å²) in [6.07, 6.45) is 0. The standard InChI is InChI=1S/C15H13ClN2O2S/c1-20-10-3-4-12-14(7-10)21-15(18-12)17-8-9-2-5-13(19)11(16)6-9/h2-7,19H,8H2,1H3,(H,17,18). The summed E-state index contributed by atoms with van der Waals surface area (Å²) in [5.74, 6) is 0.913. The molecule has 0 aliphatic carbocycles. The van der Waals surface area contributed by atoms with Crippen LogP contribution in [0.15, 0.2) is 36.4 Å². The highest BCUT2D eigenvalue weighted by Crippen LogP contribution is 2.30. The second-order valence-electron chi connectivity index (χ2n) is 4.49. The van der Waals surface area contributed by atoms with Crippen LogP contribution in [0, 0.1) is 0 Å². The average Bonchev–Trinajstić information content (AvgIpc) is 2.90. The van der Waals surface area contributed by atoms with Crippen molar-refractivity contribution < 1.29 is 9.84 Å². The van der Waals surface area contributed by atoms with Crippen LogP contribution in [0.4, 0.5) is 5.13 Å². The topological polar surface area (TPSA) is 54.4 Å². The monoisotopic (exact) mass is 320 g/mol. The van der Waals surface area contributed by atoms with Gasteiger partial charge in [0.15, 0.2) is 5.13 Å². The number of hydrogen-bond acceptors (Lipinski definition) is 5. The Morgan fingerprint density at radius 2 is 2.14 bits per heavy atom. The van der Waals surface area contributed by atoms with E-state index in [1.807, 2.05) is 24.3 Å². The van der Waals surface area contributed by atoms with Crippen molar-refractivity contribution in [1.29, 1.82) is 0 Å². The maximum atomic E-state index is 9.40. The first-order valence-electron chi connectivity index (χ1n) is 6.31. The Kier molecular flexibility index (Phi) is 3.86. The van der Waals surface area contributed by atoms with Crippen molar-refractivity contribution in [3.63, 3.8) is 0 Å². The summed E-state index contributed by atoms with van der Waals surface area (Å²) in [7, 11) is 1.65. The van der Waals surface area contributed by atoms with Gasteiger partial charge in [-0.25, -0.2) is 4.98 Å². The van der Waals surface area contributed by atoms with Crippen LogP contribution in [-0.2, 0) is 6.54 Å². The molecule has 0 spiro atoms. The summed E-state index contributed by atoms with van der Waals surface area (Å²) in [6.45, 7) is 0.594. The highest BCUT2D eigenvalue weighted by molar-refractivity contribution is 7.22. The second-order valence-corrected chi connectivity index (χ2v) is 5.93. The summed E-state index contributed by atoms with van der Waals surface area (Å²) < 4.78 is 6.28. The third-order valence-corrected chi connectivity index (χ3v) is 4.33. The molecule has 4 nitrogen and oxygen atoms in total. The van der Waals surface area contributed by atoms with Gasteiger partial charge in [0.2, 0.25) is 0 Å². The maximum Gasteiger partial charge on any atom is 0.184 e. The lowest BCUT2D eigenvalue weighted by Gasteiger charge is -2.04. The Morgan fingerprint density at radius 1 is 1.29 bits per heavy atom. The van der Waals surface area contributed by atoms with Crippen LogP contribution < -0.4 is 10.1 Å². The molecule has 1 heterocycles. The third kappa shape index (κ3) is 3.04. The van der Waals surface area contributed by atoms with Gasteiger partial charge in [-0.3, -0.25) is 0 Å². The summed E-state index contributed by atoms with van der Waals surface area (Å²) in [5, 5.41) is 13.8. The Labute approximate surface area is 131 Å². The number of aromatic nitrogens is 1. The molecule has 0 atom stereocenters. The van der Waals surface area contributed by atoms with Crippen LogP contribution in [0.2, 0.25) is 5.02 Å². The number of nitrogens with zero attached hydrogens (tertiary/aromatic N) is 1. The van der Waals surface area contributed by atoms with E-state index in [0.29, 0.717) is 11.6 Å². The molecule has 0 bridgehead atoms. The molecule has 0 fully saturated rings. The molecule has 0 amide bonds. The molecular formula is C15H13ClN2O2S. The maximum absolute atomic E-state index is 9.40. The van der Waals surface area contributed by atoms with Crippen molar-refractivity contribution >= 4 is 38.3 Å². The van der Waals surface area contributed by atoms with Crippen molar-refractivity contribution in [3.05, 3.63) is 47.0 Å². The minimum absolute atomic E-state index is 0.0903. The van der Waals surface area contributed by atoms with Gasteiger partial charge in [-0.1, -0.05) is 29.0 Å². The number of ether oxygens (including phenoxy) is 1. The first kappa shape index (κ1) is 14.0. The molecule has 0 radical (unpaired) electrons. The van der Waals surface area contributed by atoms with Crippen LogP contribution >= 0.6 is 22.9 Å². The molecule has 0 unspecified atom stereocenters. The first-order chi connectivity index (χ1) is 10.2. The number of hydrogen-bond donors (Lipinski definition) is 2. The molecule has 108 valence electrons. The van der Waals surface area contributed by atoms with Crippen molar-refractivity contribution in [1.82, 2.24) is 4.98 Å². The molecule has 0 saturated heterocycles. The second kappa shape index (κ2) is 5.79. The van der Waals surface area contributed by atoms with E-state index in [4.69, 9.17) is 16.3 Å². The van der Waals surface area contributed by atoms with E-state index in [9.17, 15) is 5.11 Å². The van der Waals surface area contributed by atoms with Gasteiger partial charge in [-0.05, 0) is 35.9 Å². The van der Waals surface area contributed by atoms with Gasteiger partial charge in [0, 0.05) is 6.54 Å². The van der Waals surface area contributed by atoms with Gasteiger partial charge in [-0.15, -0.1) is 0 Å². The zero-order valence-corrected chi connectivity index (χ0v) is 12.8. The van der Waals surface area contributed by atoms with Gasteiger partial charge in [0.25, 0.3) is 0 Å². The number of phenolic OH excluding ortho intramolecular Hbond substituents is 1. The molecule has 3 rings (SSSR count). The number of halogens is 1. The van der Waals surface area contributed by atoms with Crippen molar-refractivity contribution in [3.8, 4) is 11.5 Å². The number of nitrogens with one attached hydrogen (secondary N) is 1. The molecule has 2 N–H and O–H groups in total. The lowest BCUT2D eigenvalue weighted by Crippen LogP contribution is -1.98. The number of rotatable bonds is 4. The predicted octanol–water partition coefficient (Wildman–Crippen LogP) is 4.28. The van der Waals surface area contributed by atoms with Crippen LogP contribution in [0.5, 0.6) is 11.5 Å². The van der Waals surface area contributed by atoms with E-state index in [1.54, 1.807) is 30.6 Å². The molecule has 21 heavy (non-hydrogen) atoms. The third-order valence-electron chi connectivity index (χ3n) is 3.05. The minimum Gasteiger partial charge on any atom is -0.506 e. The normalized spacial score (nSPS) is 10.8. The van der Waals surface area contributed by atoms with E-state index >= 15 is 0 Å². The summed E-state index contributed by atoms with van der Waals surface area (Å²) >= 11 is 7.46. The zero-order valence-electron chi connectivity index (χ0n) is 11.3. The largest absolute Gasteiger partial charge is 0.506 e. The molecule has 0 aliphatic heterocycles. The molecular weight excluding hydrogens is 308 g/mol. The van der Waals surface area contributed by atoms with Gasteiger partial charge in [-0.2, -0.15) is 0 Å². The summed E-state index contributed by atoms with van der Waals surface area (Å²) in [4.78, 5) is 4.51. The SMILES string of the molecule is COc1ccc2nc(NCc3ccc(O)c(Cl)c3)sc2c1. The molecule has 2 aromatic carbocycles. The molecule has 3 aromatic rings. The van der Waals surface area contributed by atoms with E-state index in [0.717, 1.165) is 26.7 Å². The quantitative estimate of drug-likeness (QED) is 0.753. The minimum atomic E-state index is 0.0903. The highest BCUT2D eigenvalue weighted by atomic mass is 35.5. The van der Waals surface area contributed by atoms with Gasteiger partial charge >= 0.3 is 0 Å². The van der Waals surface area contributed by atoms with E-state index in [-0.39, 0.29) is 5.75 Å². The van der Waals surface area contributed by atoms with Crippen molar-refractivity contribution in [2.24, 2.45) is 0 Å². The molecule has 1 aromatic heterocycles. The van der Waals surface area contributed by atoms with Gasteiger partial charge in [0.1, 0.15) is 11.5 Å². The highest BCUT2D eigenvalue weighted by Gasteiger charge is 2.06. The van der Waals surface area contributed by atoms with Crippen molar-refractivity contribution in [2.45, 2.75) is 6.54 Å². The number of anilines is 1. The van der Waals surface area contributed by atoms with Crippen LogP contribution in [0.3, 0.4) is 0 Å². The number of aromatic hydroxyl groups is 1. The average molecular weight is 321 g/mol. The number of phenols is 1. The fraction of sp³-hybridized carbons (Fsp3) is 0.133. The number of fused-ring (bicyclic) bond motifs is 1. The Balaban J connectivity index is 1.76. The fourth-order valence-corrected chi connectivity index (χ4v) is 3.04. The van der Waals surface area contributed by atoms with Gasteiger partial charge in [0.05, 0.1) is 22.3 Å². The van der Waals surface area contributed by atoms with E-state index < -0.39 is 0 Å². The Hall–Kier alpha value is -1.98. The van der Waals surface area contributed by atoms with E-state index in [1.165, 1.54) is 0 Å². The van der Waals surface area contributed by atoms with Crippen LogP contribution in [-0.4, -0.2) is 17.2 Å². The molecule has 0 aliphatic rings. The molecule has 6 heteroatoms. The zero-order chi connectivity index (χ0) is 14.8. The van der Waals surface area contributed by atoms with Crippen LogP contribution in [0.25, 0.3) is 10.2 Å². The summed E-state index contributed by atoms with van der Waals surface area (Å²) in [5.41, 5.74) is 1.92. The Morgan fingerprint density at radius 3 is 2.90 bits per heavy atom. The Bertz CT molecular complexity index is 788. The van der Waals surface area contributed by atoms with Crippen LogP contribution in [0.1, 0.15) is 5.56 Å². The fourth-order valence-electron chi connectivity index (χ4n) is 1.95. The summed E-state index contributed by atoms with van der Waals surface area (Å²) in [6, 6.07) is 10.9. The first-order valence-corrected chi connectivity index (χ1v) is 7.51. The number of benzene rings is 2. The predicted molar refractivity (Wildman–Crippen MR) is 86.6 cm³/mol. The lowest BCUT2D eigenvalue weighted by molar-refractivity contribution is 0.415. The van der Waals surface area contributed by atoms with Crippen molar-refractivity contribution in [2.75, 3.05) is 12.4 Å². The van der Waals surface area contributed by atoms with E-state index in [2.05, 4.69) is 10.3 Å². The number of thiazole rings is 1. The smallest absolute Gasteiger partial charge is 0.184 e. The van der Waals surface area contributed by atoms with Gasteiger partial charge < -0.3 is 15.2 Å².